The summed E-state index contributed by atoms with van der Waals surface area (Å²) in [5, 5.41) is 7.23. The van der Waals surface area contributed by atoms with Gasteiger partial charge >= 0.3 is 0 Å². The molecule has 1 rings (SSSR count). The fourth-order valence-corrected chi connectivity index (χ4v) is 1.17. The number of aryl methyl sites for hydroxylation is 1. The van der Waals surface area contributed by atoms with E-state index in [9.17, 15) is 0 Å². The Bertz CT molecular complexity index is 364. The van der Waals surface area contributed by atoms with Crippen LogP contribution in [0.3, 0.4) is 0 Å². The normalized spacial score (nSPS) is 10.3. The van der Waals surface area contributed by atoms with Gasteiger partial charge in [-0.05, 0) is 20.6 Å². The summed E-state index contributed by atoms with van der Waals surface area (Å²) in [6.07, 6.45) is 1.76. The van der Waals surface area contributed by atoms with Gasteiger partial charge in [0.05, 0.1) is 17.6 Å². The van der Waals surface area contributed by atoms with Crippen LogP contribution in [0.15, 0.2) is 29.3 Å². The molecule has 5 heteroatoms. The standard InChI is InChI=1S/C9H15N5.C2H4/c1-5-14-7(2)8(6-12-14)13-9(10-3)11-4;1-2/h6H,3,5H2,1-2,4H3,(H,11,13);1-2H2. The highest BCUT2D eigenvalue weighted by Gasteiger charge is 2.05. The van der Waals surface area contributed by atoms with Gasteiger partial charge in [-0.25, -0.2) is 4.99 Å². The lowest BCUT2D eigenvalue weighted by Gasteiger charge is -2.04. The quantitative estimate of drug-likeness (QED) is 0.472. The van der Waals surface area contributed by atoms with Crippen LogP contribution < -0.4 is 5.32 Å². The average Bonchev–Trinajstić information content (AvgIpc) is 2.69. The van der Waals surface area contributed by atoms with E-state index in [4.69, 9.17) is 0 Å². The minimum absolute atomic E-state index is 0.503. The molecule has 1 aromatic rings. The second-order valence-electron chi connectivity index (χ2n) is 2.79. The molecule has 16 heavy (non-hydrogen) atoms. The van der Waals surface area contributed by atoms with Gasteiger partial charge in [-0.3, -0.25) is 9.67 Å². The summed E-state index contributed by atoms with van der Waals surface area (Å²) in [7, 11) is 1.66. The van der Waals surface area contributed by atoms with Crippen LogP contribution in [0.25, 0.3) is 0 Å². The maximum Gasteiger partial charge on any atom is 0.221 e. The maximum absolute atomic E-state index is 4.19. The highest BCUT2D eigenvalue weighted by molar-refractivity contribution is 5.96. The highest BCUT2D eigenvalue weighted by Crippen LogP contribution is 2.13. The predicted molar refractivity (Wildman–Crippen MR) is 70.4 cm³/mol. The summed E-state index contributed by atoms with van der Waals surface area (Å²) in [6, 6.07) is 0. The van der Waals surface area contributed by atoms with E-state index < -0.39 is 0 Å². The van der Waals surface area contributed by atoms with E-state index in [-0.39, 0.29) is 0 Å². The van der Waals surface area contributed by atoms with Gasteiger partial charge in [0.2, 0.25) is 5.96 Å². The first-order valence-corrected chi connectivity index (χ1v) is 4.95. The number of aromatic nitrogens is 2. The first-order valence-electron chi connectivity index (χ1n) is 4.95. The maximum atomic E-state index is 4.19. The van der Waals surface area contributed by atoms with E-state index >= 15 is 0 Å². The van der Waals surface area contributed by atoms with E-state index in [0.29, 0.717) is 5.96 Å². The number of anilines is 1. The fourth-order valence-electron chi connectivity index (χ4n) is 1.17. The minimum atomic E-state index is 0.503. The Morgan fingerprint density at radius 2 is 2.19 bits per heavy atom. The van der Waals surface area contributed by atoms with E-state index in [1.165, 1.54) is 0 Å². The van der Waals surface area contributed by atoms with Crippen LogP contribution >= 0.6 is 0 Å². The summed E-state index contributed by atoms with van der Waals surface area (Å²) >= 11 is 0. The van der Waals surface area contributed by atoms with Gasteiger partial charge in [0.25, 0.3) is 0 Å². The van der Waals surface area contributed by atoms with Crippen molar-refractivity contribution in [3.05, 3.63) is 25.0 Å². The monoisotopic (exact) mass is 221 g/mol. The summed E-state index contributed by atoms with van der Waals surface area (Å²) < 4.78 is 1.90. The van der Waals surface area contributed by atoms with Crippen molar-refractivity contribution in [2.75, 3.05) is 12.4 Å². The molecule has 0 fully saturated rings. The van der Waals surface area contributed by atoms with E-state index in [1.807, 2.05) is 18.5 Å². The van der Waals surface area contributed by atoms with Crippen molar-refractivity contribution >= 4 is 18.4 Å². The summed E-state index contributed by atoms with van der Waals surface area (Å²) in [5.74, 6) is 0.503. The van der Waals surface area contributed by atoms with Crippen LogP contribution in [-0.2, 0) is 6.54 Å². The third kappa shape index (κ3) is 3.34. The fraction of sp³-hybridized carbons (Fsp3) is 0.364. The van der Waals surface area contributed by atoms with E-state index in [2.05, 4.69) is 40.3 Å². The summed E-state index contributed by atoms with van der Waals surface area (Å²) in [6.45, 7) is 14.3. The molecule has 0 saturated heterocycles. The third-order valence-electron chi connectivity index (χ3n) is 2.01. The van der Waals surface area contributed by atoms with Crippen molar-refractivity contribution in [3.8, 4) is 0 Å². The van der Waals surface area contributed by atoms with Gasteiger partial charge in [0.1, 0.15) is 0 Å². The average molecular weight is 221 g/mol. The number of rotatable bonds is 2. The van der Waals surface area contributed by atoms with Crippen LogP contribution in [0.2, 0.25) is 0 Å². The number of guanidine groups is 1. The predicted octanol–water partition coefficient (Wildman–Crippen LogP) is 2.11. The van der Waals surface area contributed by atoms with Crippen molar-refractivity contribution in [3.63, 3.8) is 0 Å². The zero-order valence-corrected chi connectivity index (χ0v) is 10.2. The third-order valence-corrected chi connectivity index (χ3v) is 2.01. The Morgan fingerprint density at radius 3 is 2.56 bits per heavy atom. The molecule has 0 saturated carbocycles. The molecule has 88 valence electrons. The van der Waals surface area contributed by atoms with Crippen molar-refractivity contribution < 1.29 is 0 Å². The van der Waals surface area contributed by atoms with Gasteiger partial charge in [0, 0.05) is 13.6 Å². The lowest BCUT2D eigenvalue weighted by molar-refractivity contribution is 0.640. The first kappa shape index (κ1) is 14.1. The second-order valence-corrected chi connectivity index (χ2v) is 2.79. The van der Waals surface area contributed by atoms with Gasteiger partial charge in [-0.15, -0.1) is 13.2 Å². The number of nitrogens with zero attached hydrogens (tertiary/aromatic N) is 4. The number of hydrogen-bond donors (Lipinski definition) is 1. The highest BCUT2D eigenvalue weighted by atomic mass is 15.3. The smallest absolute Gasteiger partial charge is 0.221 e. The topological polar surface area (TPSA) is 54.6 Å². The molecule has 0 spiro atoms. The summed E-state index contributed by atoms with van der Waals surface area (Å²) in [4.78, 5) is 7.65. The van der Waals surface area contributed by atoms with Gasteiger partial charge in [-0.2, -0.15) is 5.10 Å². The lowest BCUT2D eigenvalue weighted by Crippen LogP contribution is -2.09. The molecular weight excluding hydrogens is 202 g/mol. The molecule has 0 aromatic carbocycles. The molecule has 0 aliphatic heterocycles. The molecule has 0 amide bonds. The molecule has 0 bridgehead atoms. The Labute approximate surface area is 96.6 Å². The Kier molecular flexibility index (Phi) is 6.51. The molecule has 0 radical (unpaired) electrons. The van der Waals surface area contributed by atoms with Gasteiger partial charge in [0.15, 0.2) is 0 Å². The van der Waals surface area contributed by atoms with Crippen molar-refractivity contribution in [1.29, 1.82) is 0 Å². The Balaban J connectivity index is 0.00000106. The first-order chi connectivity index (χ1) is 7.72. The van der Waals surface area contributed by atoms with Gasteiger partial charge in [-0.1, -0.05) is 0 Å². The lowest BCUT2D eigenvalue weighted by atomic mass is 10.4. The molecule has 0 unspecified atom stereocenters. The van der Waals surface area contributed by atoms with Crippen LogP contribution in [0.1, 0.15) is 12.6 Å². The molecular formula is C11H19N5. The zero-order chi connectivity index (χ0) is 12.6. The molecule has 0 atom stereocenters. The molecule has 1 N–H and O–H groups in total. The molecule has 1 heterocycles. The number of aliphatic imine (C=N–C) groups is 2. The zero-order valence-electron chi connectivity index (χ0n) is 10.2. The number of hydrogen-bond acceptors (Lipinski definition) is 2. The van der Waals surface area contributed by atoms with E-state index in [0.717, 1.165) is 17.9 Å². The van der Waals surface area contributed by atoms with Gasteiger partial charge < -0.3 is 5.32 Å². The largest absolute Gasteiger partial charge is 0.322 e. The van der Waals surface area contributed by atoms with Crippen molar-refractivity contribution in [2.24, 2.45) is 9.98 Å². The van der Waals surface area contributed by atoms with Crippen LogP contribution in [-0.4, -0.2) is 29.5 Å². The minimum Gasteiger partial charge on any atom is -0.322 e. The van der Waals surface area contributed by atoms with Crippen molar-refractivity contribution in [1.82, 2.24) is 9.78 Å². The van der Waals surface area contributed by atoms with Crippen LogP contribution in [0, 0.1) is 6.92 Å². The van der Waals surface area contributed by atoms with Crippen LogP contribution in [0.5, 0.6) is 0 Å². The van der Waals surface area contributed by atoms with E-state index in [1.54, 1.807) is 13.2 Å². The summed E-state index contributed by atoms with van der Waals surface area (Å²) in [5.41, 5.74) is 1.98. The number of nitrogens with one attached hydrogen (secondary N) is 1. The Morgan fingerprint density at radius 1 is 1.56 bits per heavy atom. The Hall–Kier alpha value is -1.91. The second kappa shape index (κ2) is 7.39. The molecule has 0 aliphatic rings. The SMILES string of the molecule is C=C.C=NC(=NC)Nc1cnn(CC)c1C. The van der Waals surface area contributed by atoms with Crippen molar-refractivity contribution in [2.45, 2.75) is 20.4 Å². The molecule has 1 aromatic heterocycles. The van der Waals surface area contributed by atoms with Crippen LogP contribution in [0.4, 0.5) is 5.69 Å². The molecule has 5 nitrogen and oxygen atoms in total. The molecule has 0 aliphatic carbocycles.